The van der Waals surface area contributed by atoms with Crippen molar-refractivity contribution in [2.75, 3.05) is 32.6 Å². The lowest BCUT2D eigenvalue weighted by Crippen LogP contribution is -2.35. The van der Waals surface area contributed by atoms with Gasteiger partial charge in [-0.25, -0.2) is 0 Å². The van der Waals surface area contributed by atoms with E-state index in [0.717, 1.165) is 53.8 Å². The van der Waals surface area contributed by atoms with Crippen LogP contribution < -0.4 is 14.8 Å². The Morgan fingerprint density at radius 2 is 1.89 bits per heavy atom. The number of fused-ring (bicyclic) bond motifs is 1. The highest BCUT2D eigenvalue weighted by molar-refractivity contribution is 6.06. The van der Waals surface area contributed by atoms with Gasteiger partial charge in [-0.1, -0.05) is 30.3 Å². The largest absolute Gasteiger partial charge is 0.504 e. The molecule has 1 saturated heterocycles. The van der Waals surface area contributed by atoms with Crippen molar-refractivity contribution in [1.82, 2.24) is 9.47 Å². The number of phenols is 1. The second-order valence-electron chi connectivity index (χ2n) is 9.71. The number of phenolic OH excluding ortho intramolecular Hbond substituents is 1. The Morgan fingerprint density at radius 1 is 1.08 bits per heavy atom. The molecule has 7 heteroatoms. The predicted octanol–water partition coefficient (Wildman–Crippen LogP) is 5.53. The summed E-state index contributed by atoms with van der Waals surface area (Å²) in [6.45, 7) is 2.78. The van der Waals surface area contributed by atoms with E-state index in [4.69, 9.17) is 9.47 Å². The van der Waals surface area contributed by atoms with Gasteiger partial charge in [0.1, 0.15) is 11.9 Å². The van der Waals surface area contributed by atoms with E-state index in [1.165, 1.54) is 13.2 Å². The van der Waals surface area contributed by atoms with Gasteiger partial charge in [-0.2, -0.15) is 0 Å². The van der Waals surface area contributed by atoms with Crippen LogP contribution in [0.3, 0.4) is 0 Å². The minimum Gasteiger partial charge on any atom is -0.504 e. The van der Waals surface area contributed by atoms with Crippen LogP contribution in [-0.2, 0) is 11.3 Å². The second-order valence-corrected chi connectivity index (χ2v) is 9.71. The third kappa shape index (κ3) is 6.01. The summed E-state index contributed by atoms with van der Waals surface area (Å²) in [6, 6.07) is 21.2. The van der Waals surface area contributed by atoms with Crippen molar-refractivity contribution in [2.24, 2.45) is 0 Å². The number of carbonyl (C=O) groups is 1. The van der Waals surface area contributed by atoms with Crippen molar-refractivity contribution >= 4 is 28.6 Å². The fraction of sp³-hybridized carbons (Fsp3) is 0.258. The molecule has 2 heterocycles. The average molecular weight is 512 g/mol. The maximum Gasteiger partial charge on any atom is 0.248 e. The number of likely N-dealkylation sites (tertiary alicyclic amines) is 1. The Kier molecular flexibility index (Phi) is 7.65. The monoisotopic (exact) mass is 511 g/mol. The molecule has 1 amide bonds. The number of rotatable bonds is 8. The molecule has 0 spiro atoms. The highest BCUT2D eigenvalue weighted by Crippen LogP contribution is 2.28. The molecule has 1 aliphatic heterocycles. The molecule has 3 aromatic carbocycles. The van der Waals surface area contributed by atoms with Crippen molar-refractivity contribution in [3.05, 3.63) is 90.1 Å². The average Bonchev–Trinajstić information content (AvgIpc) is 3.33. The first kappa shape index (κ1) is 25.4. The summed E-state index contributed by atoms with van der Waals surface area (Å²) in [5.41, 5.74) is 3.52. The zero-order chi connectivity index (χ0) is 26.5. The Bertz CT molecular complexity index is 1450. The molecule has 0 aliphatic carbocycles. The molecular weight excluding hydrogens is 478 g/mol. The maximum absolute atomic E-state index is 12.8. The van der Waals surface area contributed by atoms with Crippen LogP contribution in [0, 0.1) is 0 Å². The van der Waals surface area contributed by atoms with Crippen molar-refractivity contribution in [1.29, 1.82) is 0 Å². The zero-order valence-electron chi connectivity index (χ0n) is 21.8. The van der Waals surface area contributed by atoms with Crippen LogP contribution in [0.2, 0.25) is 0 Å². The van der Waals surface area contributed by atoms with Gasteiger partial charge in [-0.3, -0.25) is 4.79 Å². The number of carbonyl (C=O) groups excluding carboxylic acids is 1. The number of hydrogen-bond donors (Lipinski definition) is 2. The van der Waals surface area contributed by atoms with E-state index in [2.05, 4.69) is 40.0 Å². The minimum atomic E-state index is -0.255. The van der Waals surface area contributed by atoms with E-state index >= 15 is 0 Å². The van der Waals surface area contributed by atoms with E-state index < -0.39 is 0 Å². The van der Waals surface area contributed by atoms with Gasteiger partial charge in [0.2, 0.25) is 5.91 Å². The molecule has 7 nitrogen and oxygen atoms in total. The SMILES string of the molecule is COc1ccc(C=CC(=O)Nc2cccc3ccn(Cc4cccc(OC5CCN(C)CC5)c4)c23)cc1O. The number of benzene rings is 3. The number of methoxy groups -OCH3 is 1. The summed E-state index contributed by atoms with van der Waals surface area (Å²) < 4.78 is 13.5. The number of amides is 1. The normalized spacial score (nSPS) is 14.7. The molecule has 1 aromatic heterocycles. The van der Waals surface area contributed by atoms with Gasteiger partial charge < -0.3 is 29.4 Å². The Morgan fingerprint density at radius 3 is 2.68 bits per heavy atom. The molecule has 2 N–H and O–H groups in total. The first-order valence-corrected chi connectivity index (χ1v) is 12.9. The Balaban J connectivity index is 1.30. The molecule has 0 saturated carbocycles. The summed E-state index contributed by atoms with van der Waals surface area (Å²) in [5.74, 6) is 1.06. The molecule has 196 valence electrons. The summed E-state index contributed by atoms with van der Waals surface area (Å²) >= 11 is 0. The molecule has 0 radical (unpaired) electrons. The van der Waals surface area contributed by atoms with Gasteiger partial charge in [0, 0.05) is 37.3 Å². The third-order valence-corrected chi connectivity index (χ3v) is 6.90. The Labute approximate surface area is 222 Å². The van der Waals surface area contributed by atoms with Crippen molar-refractivity contribution < 1.29 is 19.4 Å². The van der Waals surface area contributed by atoms with Crippen LogP contribution in [-0.4, -0.2) is 53.8 Å². The van der Waals surface area contributed by atoms with Crippen LogP contribution in [0.15, 0.2) is 79.0 Å². The quantitative estimate of drug-likeness (QED) is 0.304. The number of piperidine rings is 1. The lowest BCUT2D eigenvalue weighted by Gasteiger charge is -2.29. The smallest absolute Gasteiger partial charge is 0.248 e. The number of hydrogen-bond acceptors (Lipinski definition) is 5. The topological polar surface area (TPSA) is 76.0 Å². The highest BCUT2D eigenvalue weighted by Gasteiger charge is 2.18. The fourth-order valence-corrected chi connectivity index (χ4v) is 4.86. The number of aromatic hydroxyl groups is 1. The number of nitrogens with zero attached hydrogens (tertiary/aromatic N) is 2. The van der Waals surface area contributed by atoms with E-state index in [0.29, 0.717) is 17.9 Å². The summed E-state index contributed by atoms with van der Waals surface area (Å²) in [7, 11) is 3.65. The molecule has 4 aromatic rings. The maximum atomic E-state index is 12.8. The van der Waals surface area contributed by atoms with E-state index in [1.54, 1.807) is 24.3 Å². The second kappa shape index (κ2) is 11.4. The molecule has 0 bridgehead atoms. The first-order valence-electron chi connectivity index (χ1n) is 12.9. The summed E-state index contributed by atoms with van der Waals surface area (Å²) in [4.78, 5) is 15.1. The van der Waals surface area contributed by atoms with Gasteiger partial charge in [0.25, 0.3) is 0 Å². The van der Waals surface area contributed by atoms with Crippen LogP contribution in [0.1, 0.15) is 24.0 Å². The van der Waals surface area contributed by atoms with Crippen molar-refractivity contribution in [2.45, 2.75) is 25.5 Å². The molecule has 0 unspecified atom stereocenters. The number of ether oxygens (including phenoxy) is 2. The van der Waals surface area contributed by atoms with Crippen LogP contribution in [0.25, 0.3) is 17.0 Å². The van der Waals surface area contributed by atoms with Gasteiger partial charge in [-0.05, 0) is 73.5 Å². The minimum absolute atomic E-state index is 0.0264. The van der Waals surface area contributed by atoms with Gasteiger partial charge in [0.05, 0.1) is 18.3 Å². The molecule has 1 aliphatic rings. The van der Waals surface area contributed by atoms with Crippen LogP contribution >= 0.6 is 0 Å². The van der Waals surface area contributed by atoms with Gasteiger partial charge >= 0.3 is 0 Å². The van der Waals surface area contributed by atoms with E-state index in [1.807, 2.05) is 36.5 Å². The first-order chi connectivity index (χ1) is 18.5. The zero-order valence-corrected chi connectivity index (χ0v) is 21.8. The third-order valence-electron chi connectivity index (χ3n) is 6.90. The number of nitrogens with one attached hydrogen (secondary N) is 1. The standard InChI is InChI=1S/C31H33N3O4/c1-33-16-14-25(15-17-33)38-26-7-3-5-23(19-26)21-34-18-13-24-6-4-8-27(31(24)34)32-30(36)12-10-22-9-11-29(37-2)28(35)20-22/h3-13,18-20,25,35H,14-17,21H2,1-2H3,(H,32,36). The van der Waals surface area contributed by atoms with Crippen molar-refractivity contribution in [3.8, 4) is 17.2 Å². The molecule has 1 fully saturated rings. The van der Waals surface area contributed by atoms with E-state index in [-0.39, 0.29) is 17.8 Å². The fourth-order valence-electron chi connectivity index (χ4n) is 4.86. The van der Waals surface area contributed by atoms with Crippen LogP contribution in [0.5, 0.6) is 17.2 Å². The lowest BCUT2D eigenvalue weighted by atomic mass is 10.1. The summed E-state index contributed by atoms with van der Waals surface area (Å²) in [6.07, 6.45) is 7.49. The molecule has 5 rings (SSSR count). The molecule has 0 atom stereocenters. The van der Waals surface area contributed by atoms with Gasteiger partial charge in [0.15, 0.2) is 11.5 Å². The van der Waals surface area contributed by atoms with Crippen molar-refractivity contribution in [3.63, 3.8) is 0 Å². The number of anilines is 1. The number of aromatic nitrogens is 1. The molecule has 38 heavy (non-hydrogen) atoms. The lowest BCUT2D eigenvalue weighted by molar-refractivity contribution is -0.111. The summed E-state index contributed by atoms with van der Waals surface area (Å²) in [5, 5.41) is 14.0. The van der Waals surface area contributed by atoms with E-state index in [9.17, 15) is 9.90 Å². The predicted molar refractivity (Wildman–Crippen MR) is 151 cm³/mol. The van der Waals surface area contributed by atoms with Gasteiger partial charge in [-0.15, -0.1) is 0 Å². The molecular formula is C31H33N3O4. The number of para-hydroxylation sites is 1. The highest BCUT2D eigenvalue weighted by atomic mass is 16.5. The Hall–Kier alpha value is -4.23. The van der Waals surface area contributed by atoms with Crippen LogP contribution in [0.4, 0.5) is 5.69 Å².